The zero-order valence-corrected chi connectivity index (χ0v) is 14.3. The van der Waals surface area contributed by atoms with Crippen molar-refractivity contribution in [3.63, 3.8) is 0 Å². The van der Waals surface area contributed by atoms with Gasteiger partial charge in [-0.05, 0) is 31.2 Å². The Hall–Kier alpha value is -2.34. The van der Waals surface area contributed by atoms with Crippen molar-refractivity contribution in [2.45, 2.75) is 18.4 Å². The normalized spacial score (nSPS) is 28.2. The molecule has 4 rings (SSSR count). The molecule has 2 heterocycles. The third-order valence-electron chi connectivity index (χ3n) is 5.69. The summed E-state index contributed by atoms with van der Waals surface area (Å²) in [5, 5.41) is 12.6. The molecule has 0 bridgehead atoms. The van der Waals surface area contributed by atoms with Crippen LogP contribution in [-0.4, -0.2) is 66.1 Å². The lowest BCUT2D eigenvalue weighted by atomic mass is 9.78. The summed E-state index contributed by atoms with van der Waals surface area (Å²) >= 11 is 0. The number of carbonyl (C=O) groups is 2. The molecule has 1 saturated heterocycles. The number of likely N-dealkylation sites (N-methyl/N-ethyl adjacent to an activating group) is 1. The highest BCUT2D eigenvalue weighted by Crippen LogP contribution is 2.45. The van der Waals surface area contributed by atoms with Crippen molar-refractivity contribution < 1.29 is 14.7 Å². The standard InChI is InChI=1S/C19H23N3O3/c1-21-7-9-22(10-8-21)18(23)17-15-4-2-3-13(15)14-6-5-12(19(24)25)11-16(14)20-17/h2-3,5-6,11,13,15,17,20H,4,7-10H2,1H3,(H,24,25). The van der Waals surface area contributed by atoms with Crippen LogP contribution in [-0.2, 0) is 4.79 Å². The molecular weight excluding hydrogens is 318 g/mol. The van der Waals surface area contributed by atoms with Crippen molar-refractivity contribution in [1.29, 1.82) is 0 Å². The van der Waals surface area contributed by atoms with Gasteiger partial charge in [-0.25, -0.2) is 4.79 Å². The van der Waals surface area contributed by atoms with Crippen molar-refractivity contribution in [3.05, 3.63) is 41.5 Å². The largest absolute Gasteiger partial charge is 0.478 e. The molecule has 6 nitrogen and oxygen atoms in total. The van der Waals surface area contributed by atoms with Gasteiger partial charge in [0.15, 0.2) is 0 Å². The number of allylic oxidation sites excluding steroid dienone is 2. The Morgan fingerprint density at radius 1 is 1.20 bits per heavy atom. The fourth-order valence-electron chi connectivity index (χ4n) is 4.20. The lowest BCUT2D eigenvalue weighted by molar-refractivity contribution is -0.134. The SMILES string of the molecule is CN1CCN(C(=O)C2Nc3cc(C(=O)O)ccc3C3C=CCC23)CC1. The minimum absolute atomic E-state index is 0.137. The van der Waals surface area contributed by atoms with Gasteiger partial charge < -0.3 is 20.2 Å². The maximum Gasteiger partial charge on any atom is 0.335 e. The van der Waals surface area contributed by atoms with Crippen LogP contribution in [0, 0.1) is 5.92 Å². The second-order valence-corrected chi connectivity index (χ2v) is 7.21. The smallest absolute Gasteiger partial charge is 0.335 e. The molecule has 0 radical (unpaired) electrons. The fourth-order valence-corrected chi connectivity index (χ4v) is 4.20. The first-order chi connectivity index (χ1) is 12.0. The van der Waals surface area contributed by atoms with E-state index in [2.05, 4.69) is 29.4 Å². The molecule has 0 saturated carbocycles. The van der Waals surface area contributed by atoms with E-state index in [4.69, 9.17) is 0 Å². The van der Waals surface area contributed by atoms with E-state index in [0.717, 1.165) is 43.9 Å². The molecule has 1 aromatic rings. The van der Waals surface area contributed by atoms with Crippen LogP contribution >= 0.6 is 0 Å². The van der Waals surface area contributed by atoms with Crippen LogP contribution in [0.15, 0.2) is 30.4 Å². The molecule has 1 amide bonds. The molecule has 3 aliphatic rings. The molecule has 25 heavy (non-hydrogen) atoms. The van der Waals surface area contributed by atoms with Crippen LogP contribution in [0.25, 0.3) is 0 Å². The maximum atomic E-state index is 13.1. The Labute approximate surface area is 147 Å². The maximum absolute atomic E-state index is 13.1. The summed E-state index contributed by atoms with van der Waals surface area (Å²) in [4.78, 5) is 28.6. The average molecular weight is 341 g/mol. The van der Waals surface area contributed by atoms with E-state index in [1.165, 1.54) is 0 Å². The number of carboxylic acids is 1. The lowest BCUT2D eigenvalue weighted by Crippen LogP contribution is -2.54. The van der Waals surface area contributed by atoms with E-state index in [-0.39, 0.29) is 29.3 Å². The summed E-state index contributed by atoms with van der Waals surface area (Å²) in [5.74, 6) is -0.426. The Kier molecular flexibility index (Phi) is 4.00. The highest BCUT2D eigenvalue weighted by molar-refractivity contribution is 5.91. The number of rotatable bonds is 2. The van der Waals surface area contributed by atoms with Gasteiger partial charge in [0.1, 0.15) is 6.04 Å². The van der Waals surface area contributed by atoms with Gasteiger partial charge in [-0.2, -0.15) is 0 Å². The predicted octanol–water partition coefficient (Wildman–Crippen LogP) is 1.61. The van der Waals surface area contributed by atoms with E-state index in [1.54, 1.807) is 12.1 Å². The number of hydrogen-bond donors (Lipinski definition) is 2. The van der Waals surface area contributed by atoms with E-state index in [1.807, 2.05) is 11.0 Å². The number of benzene rings is 1. The van der Waals surface area contributed by atoms with E-state index in [0.29, 0.717) is 0 Å². The molecule has 1 fully saturated rings. The molecule has 6 heteroatoms. The zero-order chi connectivity index (χ0) is 17.6. The van der Waals surface area contributed by atoms with Gasteiger partial charge in [0.25, 0.3) is 0 Å². The summed E-state index contributed by atoms with van der Waals surface area (Å²) < 4.78 is 0. The molecule has 132 valence electrons. The van der Waals surface area contributed by atoms with Gasteiger partial charge in [0.2, 0.25) is 5.91 Å². The van der Waals surface area contributed by atoms with Gasteiger partial charge in [-0.15, -0.1) is 0 Å². The number of amides is 1. The Balaban J connectivity index is 1.63. The number of carbonyl (C=O) groups excluding carboxylic acids is 1. The van der Waals surface area contributed by atoms with Gasteiger partial charge in [0.05, 0.1) is 5.56 Å². The fraction of sp³-hybridized carbons (Fsp3) is 0.474. The minimum atomic E-state index is -0.948. The number of hydrogen-bond acceptors (Lipinski definition) is 4. The highest BCUT2D eigenvalue weighted by atomic mass is 16.4. The van der Waals surface area contributed by atoms with Crippen LogP contribution in [0.5, 0.6) is 0 Å². The van der Waals surface area contributed by atoms with E-state index < -0.39 is 5.97 Å². The Morgan fingerprint density at radius 2 is 1.96 bits per heavy atom. The van der Waals surface area contributed by atoms with Crippen molar-refractivity contribution in [2.75, 3.05) is 38.5 Å². The minimum Gasteiger partial charge on any atom is -0.478 e. The van der Waals surface area contributed by atoms with E-state index >= 15 is 0 Å². The number of carboxylic acid groups (broad SMARTS) is 1. The molecule has 2 N–H and O–H groups in total. The van der Waals surface area contributed by atoms with Crippen LogP contribution in [0.4, 0.5) is 5.69 Å². The summed E-state index contributed by atoms with van der Waals surface area (Å²) in [5.41, 5.74) is 2.11. The van der Waals surface area contributed by atoms with E-state index in [9.17, 15) is 14.7 Å². The molecule has 2 aliphatic heterocycles. The van der Waals surface area contributed by atoms with Gasteiger partial charge in [-0.1, -0.05) is 18.2 Å². The van der Waals surface area contributed by atoms with Crippen molar-refractivity contribution in [2.24, 2.45) is 5.92 Å². The zero-order valence-electron chi connectivity index (χ0n) is 14.3. The quantitative estimate of drug-likeness (QED) is 0.800. The number of nitrogens with one attached hydrogen (secondary N) is 1. The van der Waals surface area contributed by atoms with Crippen molar-refractivity contribution in [3.8, 4) is 0 Å². The summed E-state index contributed by atoms with van der Waals surface area (Å²) in [7, 11) is 2.07. The molecule has 3 atom stereocenters. The van der Waals surface area contributed by atoms with Crippen LogP contribution in [0.2, 0.25) is 0 Å². The number of anilines is 1. The van der Waals surface area contributed by atoms with Gasteiger partial charge in [-0.3, -0.25) is 4.79 Å². The molecule has 1 aromatic carbocycles. The first-order valence-corrected chi connectivity index (χ1v) is 8.82. The molecule has 0 spiro atoms. The lowest BCUT2D eigenvalue weighted by Gasteiger charge is -2.40. The van der Waals surface area contributed by atoms with Gasteiger partial charge >= 0.3 is 5.97 Å². The van der Waals surface area contributed by atoms with Crippen LogP contribution < -0.4 is 5.32 Å². The first kappa shape index (κ1) is 16.1. The number of fused-ring (bicyclic) bond motifs is 3. The number of aromatic carboxylic acids is 1. The highest BCUT2D eigenvalue weighted by Gasteiger charge is 2.42. The second kappa shape index (κ2) is 6.19. The number of piperazine rings is 1. The topological polar surface area (TPSA) is 72.9 Å². The third-order valence-corrected chi connectivity index (χ3v) is 5.69. The third kappa shape index (κ3) is 2.80. The molecule has 1 aliphatic carbocycles. The van der Waals surface area contributed by atoms with Crippen LogP contribution in [0.3, 0.4) is 0 Å². The molecule has 3 unspecified atom stereocenters. The predicted molar refractivity (Wildman–Crippen MR) is 94.9 cm³/mol. The monoisotopic (exact) mass is 341 g/mol. The Morgan fingerprint density at radius 3 is 2.68 bits per heavy atom. The van der Waals surface area contributed by atoms with Crippen molar-refractivity contribution in [1.82, 2.24) is 9.80 Å². The molecule has 0 aromatic heterocycles. The molecular formula is C19H23N3O3. The van der Waals surface area contributed by atoms with Gasteiger partial charge in [0, 0.05) is 43.7 Å². The van der Waals surface area contributed by atoms with Crippen molar-refractivity contribution >= 4 is 17.6 Å². The summed E-state index contributed by atoms with van der Waals surface area (Å²) in [6.45, 7) is 3.29. The average Bonchev–Trinajstić information content (AvgIpc) is 3.10. The summed E-state index contributed by atoms with van der Waals surface area (Å²) in [6.07, 6.45) is 5.18. The second-order valence-electron chi connectivity index (χ2n) is 7.21. The summed E-state index contributed by atoms with van der Waals surface area (Å²) in [6, 6.07) is 4.90. The van der Waals surface area contributed by atoms with Crippen LogP contribution in [0.1, 0.15) is 28.3 Å². The first-order valence-electron chi connectivity index (χ1n) is 8.82. The number of nitrogens with zero attached hydrogens (tertiary/aromatic N) is 2. The Bertz CT molecular complexity index is 737.